The summed E-state index contributed by atoms with van der Waals surface area (Å²) in [6.07, 6.45) is 2.43. The number of anilines is 2. The van der Waals surface area contributed by atoms with Crippen molar-refractivity contribution in [3.05, 3.63) is 10.7 Å². The number of carbonyl (C=O) groups is 1. The van der Waals surface area contributed by atoms with Crippen molar-refractivity contribution in [1.29, 1.82) is 0 Å². The standard InChI is InChI=1S/C11H13BrN6O2/c12-8-7-14-18-9(8)15-11(16-10(18)13-1-4-19)17-2-5-20-6-3-17/h4,7H,1-3,5-6H2,(H,13,15,16). The van der Waals surface area contributed by atoms with Crippen molar-refractivity contribution in [2.75, 3.05) is 43.1 Å². The molecule has 0 saturated carbocycles. The van der Waals surface area contributed by atoms with Crippen LogP contribution in [0.15, 0.2) is 10.7 Å². The number of morpholine rings is 1. The number of carbonyl (C=O) groups excluding carboxylic acids is 1. The van der Waals surface area contributed by atoms with E-state index in [1.807, 2.05) is 0 Å². The summed E-state index contributed by atoms with van der Waals surface area (Å²) in [5.74, 6) is 1.10. The summed E-state index contributed by atoms with van der Waals surface area (Å²) in [7, 11) is 0. The maximum absolute atomic E-state index is 10.5. The molecule has 3 rings (SSSR count). The second-order valence-electron chi connectivity index (χ2n) is 4.22. The highest BCUT2D eigenvalue weighted by Crippen LogP contribution is 2.21. The molecule has 2 aromatic heterocycles. The number of nitrogens with zero attached hydrogens (tertiary/aromatic N) is 5. The molecule has 1 aliphatic rings. The average Bonchev–Trinajstić information content (AvgIpc) is 2.87. The summed E-state index contributed by atoms with van der Waals surface area (Å²) in [4.78, 5) is 21.5. The van der Waals surface area contributed by atoms with Crippen LogP contribution in [0, 0.1) is 0 Å². The second-order valence-corrected chi connectivity index (χ2v) is 5.08. The predicted molar refractivity (Wildman–Crippen MR) is 76.1 cm³/mol. The Labute approximate surface area is 123 Å². The van der Waals surface area contributed by atoms with Crippen LogP contribution in [-0.2, 0) is 9.53 Å². The van der Waals surface area contributed by atoms with Crippen molar-refractivity contribution in [3.8, 4) is 0 Å². The van der Waals surface area contributed by atoms with Crippen LogP contribution >= 0.6 is 15.9 Å². The van der Waals surface area contributed by atoms with Crippen molar-refractivity contribution in [2.24, 2.45) is 0 Å². The quantitative estimate of drug-likeness (QED) is 0.803. The van der Waals surface area contributed by atoms with E-state index >= 15 is 0 Å². The van der Waals surface area contributed by atoms with Gasteiger partial charge in [0.2, 0.25) is 11.9 Å². The first kappa shape index (κ1) is 13.3. The topological polar surface area (TPSA) is 84.7 Å². The largest absolute Gasteiger partial charge is 0.378 e. The Morgan fingerprint density at radius 2 is 2.20 bits per heavy atom. The maximum atomic E-state index is 10.5. The maximum Gasteiger partial charge on any atom is 0.230 e. The molecular formula is C11H13BrN6O2. The molecule has 9 heteroatoms. The van der Waals surface area contributed by atoms with E-state index in [9.17, 15) is 4.79 Å². The van der Waals surface area contributed by atoms with Crippen LogP contribution in [0.5, 0.6) is 0 Å². The molecule has 0 aromatic carbocycles. The molecule has 106 valence electrons. The summed E-state index contributed by atoms with van der Waals surface area (Å²) in [6.45, 7) is 2.98. The zero-order valence-corrected chi connectivity index (χ0v) is 12.2. The first-order chi connectivity index (χ1) is 9.79. The van der Waals surface area contributed by atoms with Gasteiger partial charge in [0.15, 0.2) is 5.65 Å². The van der Waals surface area contributed by atoms with E-state index in [2.05, 4.69) is 41.2 Å². The van der Waals surface area contributed by atoms with E-state index in [1.54, 1.807) is 10.7 Å². The molecule has 3 heterocycles. The molecule has 1 fully saturated rings. The van der Waals surface area contributed by atoms with Gasteiger partial charge in [-0.15, -0.1) is 0 Å². The molecule has 1 aliphatic heterocycles. The molecule has 0 aliphatic carbocycles. The van der Waals surface area contributed by atoms with Gasteiger partial charge >= 0.3 is 0 Å². The lowest BCUT2D eigenvalue weighted by atomic mass is 10.4. The highest BCUT2D eigenvalue weighted by molar-refractivity contribution is 9.10. The zero-order chi connectivity index (χ0) is 13.9. The fraction of sp³-hybridized carbons (Fsp3) is 0.455. The number of hydrogen-bond donors (Lipinski definition) is 1. The smallest absolute Gasteiger partial charge is 0.230 e. The normalized spacial score (nSPS) is 15.6. The lowest BCUT2D eigenvalue weighted by molar-refractivity contribution is -0.106. The Morgan fingerprint density at radius 3 is 2.95 bits per heavy atom. The number of nitrogens with one attached hydrogen (secondary N) is 1. The van der Waals surface area contributed by atoms with Crippen LogP contribution < -0.4 is 10.2 Å². The number of ether oxygens (including phenoxy) is 1. The Bertz CT molecular complexity index is 625. The minimum atomic E-state index is 0.173. The average molecular weight is 341 g/mol. The van der Waals surface area contributed by atoms with Crippen LogP contribution in [0.2, 0.25) is 0 Å². The van der Waals surface area contributed by atoms with Gasteiger partial charge in [0.25, 0.3) is 0 Å². The molecule has 20 heavy (non-hydrogen) atoms. The first-order valence-corrected chi connectivity index (χ1v) is 7.00. The lowest BCUT2D eigenvalue weighted by Gasteiger charge is -2.27. The van der Waals surface area contributed by atoms with Crippen LogP contribution in [0.3, 0.4) is 0 Å². The van der Waals surface area contributed by atoms with Gasteiger partial charge in [-0.3, -0.25) is 0 Å². The Kier molecular flexibility index (Phi) is 3.79. The fourth-order valence-corrected chi connectivity index (χ4v) is 2.34. The van der Waals surface area contributed by atoms with Crippen LogP contribution in [0.1, 0.15) is 0 Å². The van der Waals surface area contributed by atoms with E-state index in [0.717, 1.165) is 23.8 Å². The number of hydrogen-bond acceptors (Lipinski definition) is 7. The van der Waals surface area contributed by atoms with Crippen LogP contribution in [0.4, 0.5) is 11.9 Å². The third-order valence-electron chi connectivity index (χ3n) is 2.95. The molecule has 0 amide bonds. The van der Waals surface area contributed by atoms with Crippen LogP contribution in [0.25, 0.3) is 5.65 Å². The van der Waals surface area contributed by atoms with Gasteiger partial charge in [0, 0.05) is 13.1 Å². The second kappa shape index (κ2) is 5.71. The van der Waals surface area contributed by atoms with Gasteiger partial charge in [-0.1, -0.05) is 0 Å². The van der Waals surface area contributed by atoms with E-state index in [4.69, 9.17) is 4.74 Å². The minimum absolute atomic E-state index is 0.173. The number of fused-ring (bicyclic) bond motifs is 1. The highest BCUT2D eigenvalue weighted by Gasteiger charge is 2.18. The van der Waals surface area contributed by atoms with Gasteiger partial charge in [-0.05, 0) is 15.9 Å². The lowest BCUT2D eigenvalue weighted by Crippen LogP contribution is -2.37. The van der Waals surface area contributed by atoms with Gasteiger partial charge in [-0.2, -0.15) is 19.6 Å². The van der Waals surface area contributed by atoms with Crippen molar-refractivity contribution in [3.63, 3.8) is 0 Å². The zero-order valence-electron chi connectivity index (χ0n) is 10.6. The van der Waals surface area contributed by atoms with E-state index in [-0.39, 0.29) is 6.54 Å². The summed E-state index contributed by atoms with van der Waals surface area (Å²) >= 11 is 3.41. The van der Waals surface area contributed by atoms with Crippen molar-refractivity contribution in [1.82, 2.24) is 19.6 Å². The van der Waals surface area contributed by atoms with Crippen molar-refractivity contribution in [2.45, 2.75) is 0 Å². The molecule has 8 nitrogen and oxygen atoms in total. The van der Waals surface area contributed by atoms with Gasteiger partial charge in [-0.25, -0.2) is 0 Å². The Morgan fingerprint density at radius 1 is 1.40 bits per heavy atom. The Hall–Kier alpha value is -1.74. The van der Waals surface area contributed by atoms with Gasteiger partial charge in [0.05, 0.1) is 30.4 Å². The number of aldehydes is 1. The predicted octanol–water partition coefficient (Wildman–Crippen LogP) is 0.334. The summed E-state index contributed by atoms with van der Waals surface area (Å²) < 4.78 is 7.67. The molecule has 0 radical (unpaired) electrons. The van der Waals surface area contributed by atoms with Gasteiger partial charge < -0.3 is 19.7 Å². The van der Waals surface area contributed by atoms with Crippen molar-refractivity contribution >= 4 is 39.8 Å². The highest BCUT2D eigenvalue weighted by atomic mass is 79.9. The van der Waals surface area contributed by atoms with Crippen LogP contribution in [-0.4, -0.2) is 58.7 Å². The summed E-state index contributed by atoms with van der Waals surface area (Å²) in [6, 6.07) is 0. The molecule has 0 bridgehead atoms. The summed E-state index contributed by atoms with van der Waals surface area (Å²) in [5, 5.41) is 7.11. The molecule has 0 spiro atoms. The number of rotatable bonds is 4. The van der Waals surface area contributed by atoms with E-state index < -0.39 is 0 Å². The molecule has 1 saturated heterocycles. The van der Waals surface area contributed by atoms with Gasteiger partial charge in [0.1, 0.15) is 6.29 Å². The molecule has 2 aromatic rings. The third-order valence-corrected chi connectivity index (χ3v) is 3.51. The summed E-state index contributed by atoms with van der Waals surface area (Å²) in [5.41, 5.74) is 0.662. The van der Waals surface area contributed by atoms with E-state index in [0.29, 0.717) is 30.8 Å². The number of halogens is 1. The molecule has 0 unspecified atom stereocenters. The minimum Gasteiger partial charge on any atom is -0.378 e. The monoisotopic (exact) mass is 340 g/mol. The Balaban J connectivity index is 2.03. The molecule has 0 atom stereocenters. The SMILES string of the molecule is O=CCNc1nc(N2CCOCC2)nc2c(Br)cnn12. The third kappa shape index (κ3) is 2.46. The van der Waals surface area contributed by atoms with E-state index in [1.165, 1.54) is 0 Å². The van der Waals surface area contributed by atoms with Crippen molar-refractivity contribution < 1.29 is 9.53 Å². The number of aromatic nitrogens is 4. The molecule has 1 N–H and O–H groups in total. The fourth-order valence-electron chi connectivity index (χ4n) is 1.99. The first-order valence-electron chi connectivity index (χ1n) is 6.21. The molecular weight excluding hydrogens is 328 g/mol.